The van der Waals surface area contributed by atoms with Crippen molar-refractivity contribution in [3.8, 4) is 24.3 Å². The molecule has 12 heterocycles. The summed E-state index contributed by atoms with van der Waals surface area (Å²) in [4.78, 5) is 120. The lowest BCUT2D eigenvalue weighted by molar-refractivity contribution is -0.141. The molecule has 8 fully saturated rings. The Morgan fingerprint density at radius 1 is 0.390 bits per heavy atom. The van der Waals surface area contributed by atoms with Gasteiger partial charge in [0.25, 0.3) is 0 Å². The number of nitriles is 4. The van der Waals surface area contributed by atoms with E-state index in [0.717, 1.165) is 99.8 Å². The number of likely N-dealkylation sites (tertiary alicyclic amines) is 2. The summed E-state index contributed by atoms with van der Waals surface area (Å²) in [6, 6.07) is 23.8. The highest BCUT2D eigenvalue weighted by Gasteiger charge is 2.44. The molecule has 8 aliphatic rings. The van der Waals surface area contributed by atoms with Crippen molar-refractivity contribution in [1.82, 2.24) is 60.3 Å². The molecule has 8 aromatic rings. The van der Waals surface area contributed by atoms with Gasteiger partial charge in [0.1, 0.15) is 120 Å². The Labute approximate surface area is 800 Å². The highest BCUT2D eigenvalue weighted by atomic mass is 35.5. The number of rotatable bonds is 18. The number of nitrogens with two attached hydrogens (primary N) is 1. The maximum absolute atomic E-state index is 15.6. The van der Waals surface area contributed by atoms with Crippen LogP contribution in [0.1, 0.15) is 213 Å². The van der Waals surface area contributed by atoms with E-state index in [-0.39, 0.29) is 125 Å². The van der Waals surface area contributed by atoms with Gasteiger partial charge in [-0.2, -0.15) is 21.0 Å². The van der Waals surface area contributed by atoms with Crippen LogP contribution in [0.4, 0.5) is 49.9 Å². The number of fused-ring (bicyclic) bond motifs is 4. The van der Waals surface area contributed by atoms with Crippen molar-refractivity contribution < 1.29 is 60.9 Å². The van der Waals surface area contributed by atoms with E-state index in [2.05, 4.69) is 122 Å². The Hall–Kier alpha value is -11.7. The van der Waals surface area contributed by atoms with Crippen molar-refractivity contribution in [2.75, 3.05) is 124 Å². The molecule has 8 aliphatic heterocycles. The third-order valence-electron chi connectivity index (χ3n) is 26.4. The van der Waals surface area contributed by atoms with Crippen LogP contribution in [0.2, 0.25) is 0 Å². The van der Waals surface area contributed by atoms with Crippen molar-refractivity contribution in [1.29, 1.82) is 21.0 Å². The summed E-state index contributed by atoms with van der Waals surface area (Å²) < 4.78 is 70.0. The smallest absolute Gasteiger partial charge is 0.410 e. The van der Waals surface area contributed by atoms with Gasteiger partial charge < -0.3 is 60.3 Å². The van der Waals surface area contributed by atoms with Crippen molar-refractivity contribution in [3.63, 3.8) is 0 Å². The molecule has 4 aromatic carbocycles. The number of nitrogens with one attached hydrogen (secondary N) is 2. The first-order valence-electron chi connectivity index (χ1n) is 47.4. The quantitative estimate of drug-likeness (QED) is 0.0580. The lowest BCUT2D eigenvalue weighted by Crippen LogP contribution is -2.47. The summed E-state index contributed by atoms with van der Waals surface area (Å²) in [6.45, 7) is 29.3. The normalized spacial score (nSPS) is 22.4. The van der Waals surface area contributed by atoms with Gasteiger partial charge in [-0.15, -0.1) is 12.4 Å². The standard InChI is InChI=1S/C28H36FN5O3.2C23H28FN5O.C15H17N5.C12H20FNO4.ClH/c1-19-13-20(18-34(17-19)23-6-5-21(16-30)24-25(23)32-10-9-31-24)14-22(35)15-28(29)7-11-33(12-8-28)26(36)37-27(2,3)4;2*1-16-10-17(11-19(30)12-23(24)4-6-26-7-5-23)15-29(14-16)20-3-2-18(13-25)21-22(20)28-9-8-27-21;1-10-6-12(17)9-20(8-10)13-3-2-11(7-16)14-15(13)19-5-4-18-14;1-11(2,3)18-10(17)14-6-4-12(13,5-7-14)8-9(15)16;/h5-6,9-10,19-20H,7-8,11-15,17-18H2,1-4H3;2*2-3,8-9,16-17,26H,4-7,10-12,14-15H2,1H3;2-5,10,12H,6,8-9,17H2,1H3;4-8H2,1-3H3,(H,15,16);1H/t19-,20-;2*16-,17-;10-,12+;;/m0000../s1. The SMILES string of the molecule is CC(C)(C)OC(=O)N1CCC(F)(CC(=O)O)CC1.C[C@H]1C[C@@H](CC(=O)CC2(F)CCN(C(=O)OC(C)(C)C)CC2)CN(c2ccc(C#N)c3nccnc23)C1.C[C@H]1C[C@@H](CC(=O)CC2(F)CCNCC2)CN(c2ccc(C#N)c3nccnc23)C1.C[C@H]1C[C@@H](CC(=O)CC2(F)CCNCC2)CN(c2ccc(C#N)c3nccnc23)C1.C[C@H]1C[C@@H](N)CN(c2ccc(C#N)c3nccnc23)C1.Cl. The lowest BCUT2D eigenvalue weighted by Gasteiger charge is -2.39. The average Bonchev–Trinajstić information content (AvgIpc) is 0.797. The van der Waals surface area contributed by atoms with Crippen LogP contribution in [0.25, 0.3) is 44.1 Å². The van der Waals surface area contributed by atoms with Crippen molar-refractivity contribution in [2.24, 2.45) is 47.2 Å². The molecule has 0 spiro atoms. The van der Waals surface area contributed by atoms with E-state index in [9.17, 15) is 57.7 Å². The molecule has 0 radical (unpaired) electrons. The zero-order valence-electron chi connectivity index (χ0n) is 79.9. The molecule has 136 heavy (non-hydrogen) atoms. The number of Topliss-reactive ketones (excluding diaryl/α,β-unsaturated/α-hetero) is 3. The van der Waals surface area contributed by atoms with Crippen LogP contribution in [0.15, 0.2) is 98.1 Å². The summed E-state index contributed by atoms with van der Waals surface area (Å²) >= 11 is 0. The van der Waals surface area contributed by atoms with Gasteiger partial charge in [0.05, 0.1) is 51.4 Å². The van der Waals surface area contributed by atoms with Crippen LogP contribution in [0.5, 0.6) is 0 Å². The fourth-order valence-electron chi connectivity index (χ4n) is 20.4. The second-order valence-electron chi connectivity index (χ2n) is 40.7. The number of nitrogens with zero attached hydrogens (tertiary/aromatic N) is 18. The largest absolute Gasteiger partial charge is 0.481 e. The molecule has 2 amide bonds. The fourth-order valence-corrected chi connectivity index (χ4v) is 20.4. The summed E-state index contributed by atoms with van der Waals surface area (Å²) in [5.41, 5.74) is 10.2. The number of amides is 2. The van der Waals surface area contributed by atoms with Gasteiger partial charge in [0.2, 0.25) is 0 Å². The van der Waals surface area contributed by atoms with Crippen molar-refractivity contribution in [3.05, 3.63) is 120 Å². The Bertz CT molecular complexity index is 5530. The number of aromatic nitrogens is 8. The number of piperidine rings is 8. The first-order chi connectivity index (χ1) is 64.2. The Balaban J connectivity index is 0.000000167. The lowest BCUT2D eigenvalue weighted by atomic mass is 9.82. The number of hydrogen-bond acceptors (Lipinski definition) is 27. The van der Waals surface area contributed by atoms with E-state index < -0.39 is 58.5 Å². The predicted octanol–water partition coefficient (Wildman–Crippen LogP) is 16.2. The summed E-state index contributed by atoms with van der Waals surface area (Å²) in [5, 5.41) is 52.3. The van der Waals surface area contributed by atoms with E-state index in [1.54, 1.807) is 109 Å². The maximum atomic E-state index is 15.6. The summed E-state index contributed by atoms with van der Waals surface area (Å²) in [6.07, 6.45) is 18.6. The molecule has 0 aliphatic carbocycles. The first kappa shape index (κ1) is 105. The number of benzene rings is 4. The molecule has 4 aromatic heterocycles. The highest BCUT2D eigenvalue weighted by molar-refractivity contribution is 5.95. The third kappa shape index (κ3) is 28.7. The molecular weight excluding hydrogens is 1760 g/mol. The number of alkyl halides is 4. The van der Waals surface area contributed by atoms with Crippen LogP contribution in [0.3, 0.4) is 0 Å². The van der Waals surface area contributed by atoms with Crippen molar-refractivity contribution in [2.45, 2.75) is 231 Å². The van der Waals surface area contributed by atoms with Crippen LogP contribution in [-0.4, -0.2) is 235 Å². The first-order valence-corrected chi connectivity index (χ1v) is 47.4. The molecular formula is C101H130ClF4N21O9. The fraction of sp³-hybridized carbons (Fsp3) is 0.584. The van der Waals surface area contributed by atoms with E-state index in [0.29, 0.717) is 162 Å². The number of anilines is 4. The number of aliphatic carboxylic acids is 1. The number of halogens is 5. The molecule has 30 nitrogen and oxygen atoms in total. The van der Waals surface area contributed by atoms with Gasteiger partial charge in [-0.3, -0.25) is 59.0 Å². The van der Waals surface area contributed by atoms with Gasteiger partial charge >= 0.3 is 18.2 Å². The van der Waals surface area contributed by atoms with Gasteiger partial charge in [0, 0.05) is 173 Å². The third-order valence-corrected chi connectivity index (χ3v) is 26.4. The minimum atomic E-state index is -1.70. The number of ether oxygens (including phenoxy) is 2. The molecule has 0 unspecified atom stereocenters. The second kappa shape index (κ2) is 46.4. The summed E-state index contributed by atoms with van der Waals surface area (Å²) in [7, 11) is 0. The zero-order valence-corrected chi connectivity index (χ0v) is 80.7. The molecule has 8 saturated heterocycles. The highest BCUT2D eigenvalue weighted by Crippen LogP contribution is 2.42. The number of carboxylic acid groups (broad SMARTS) is 1. The number of ketones is 3. The van der Waals surface area contributed by atoms with Gasteiger partial charge in [-0.25, -0.2) is 27.2 Å². The minimum absolute atomic E-state index is 0. The topological polar surface area (TPSA) is 409 Å². The number of carboxylic acids is 1. The van der Waals surface area contributed by atoms with Gasteiger partial charge in [-0.05, 0) is 235 Å². The number of carbonyl (C=O) groups excluding carboxylic acids is 5. The van der Waals surface area contributed by atoms with Crippen LogP contribution in [0, 0.1) is 86.7 Å². The minimum Gasteiger partial charge on any atom is -0.481 e. The molecule has 5 N–H and O–H groups in total. The average molecular weight is 1890 g/mol. The molecule has 0 bridgehead atoms. The van der Waals surface area contributed by atoms with E-state index >= 15 is 4.39 Å². The molecule has 16 rings (SSSR count). The van der Waals surface area contributed by atoms with Crippen LogP contribution in [-0.2, 0) is 28.7 Å². The molecule has 35 heteroatoms. The molecule has 8 atom stereocenters. The zero-order chi connectivity index (χ0) is 97.2. The van der Waals surface area contributed by atoms with E-state index in [1.165, 1.54) is 9.80 Å². The molecule has 0 saturated carbocycles. The van der Waals surface area contributed by atoms with Crippen LogP contribution < -0.4 is 36.0 Å². The Morgan fingerprint density at radius 2 is 0.632 bits per heavy atom. The van der Waals surface area contributed by atoms with E-state index in [1.807, 2.05) is 30.3 Å². The predicted molar refractivity (Wildman–Crippen MR) is 515 cm³/mol. The van der Waals surface area contributed by atoms with Crippen LogP contribution >= 0.6 is 12.4 Å². The Kier molecular flexibility index (Phi) is 35.8. The summed E-state index contributed by atoms with van der Waals surface area (Å²) in [5.74, 6) is 1.05. The second-order valence-corrected chi connectivity index (χ2v) is 40.7. The van der Waals surface area contributed by atoms with Gasteiger partial charge in [0.15, 0.2) is 0 Å². The van der Waals surface area contributed by atoms with E-state index in [4.69, 9.17) is 25.6 Å². The Morgan fingerprint density at radius 3 is 0.882 bits per heavy atom. The number of hydrogen-bond donors (Lipinski definition) is 4. The molecule has 728 valence electrons. The maximum Gasteiger partial charge on any atom is 0.410 e. The monoisotopic (exact) mass is 1890 g/mol. The number of carbonyl (C=O) groups is 6. The van der Waals surface area contributed by atoms with Gasteiger partial charge in [-0.1, -0.05) is 27.7 Å². The van der Waals surface area contributed by atoms with Crippen molar-refractivity contribution >= 4 is 115 Å².